The summed E-state index contributed by atoms with van der Waals surface area (Å²) in [5, 5.41) is 7.67. The van der Waals surface area contributed by atoms with Crippen LogP contribution in [0.25, 0.3) is 0 Å². The molecular weight excluding hydrogens is 437 g/mol. The summed E-state index contributed by atoms with van der Waals surface area (Å²) in [4.78, 5) is 4.34. The minimum absolute atomic E-state index is 0. The van der Waals surface area contributed by atoms with E-state index in [0.717, 1.165) is 43.5 Å². The Morgan fingerprint density at radius 1 is 1.17 bits per heavy atom. The molecule has 1 heterocycles. The lowest BCUT2D eigenvalue weighted by molar-refractivity contribution is 0.0243. The number of nitrogens with one attached hydrogen (secondary N) is 2. The average Bonchev–Trinajstić information content (AvgIpc) is 3.22. The Balaban J connectivity index is 0.00000208. The van der Waals surface area contributed by atoms with Gasteiger partial charge in [-0.2, -0.15) is 0 Å². The van der Waals surface area contributed by atoms with Crippen LogP contribution < -0.4 is 10.6 Å². The third-order valence-electron chi connectivity index (χ3n) is 5.06. The summed E-state index contributed by atoms with van der Waals surface area (Å²) in [6, 6.07) is 8.23. The molecule has 2 fully saturated rings. The molecule has 2 aliphatic rings. The SMILES string of the molecule is CN=C(NCC1(C)CCCO1)NCC1(c2ccc(Cl)cc2)CC1.I. The summed E-state index contributed by atoms with van der Waals surface area (Å²) in [6.45, 7) is 4.72. The van der Waals surface area contributed by atoms with Gasteiger partial charge in [0.05, 0.1) is 5.60 Å². The number of rotatable bonds is 5. The zero-order valence-corrected chi connectivity index (χ0v) is 17.5. The Labute approximate surface area is 166 Å². The van der Waals surface area contributed by atoms with Crippen LogP contribution in [0.2, 0.25) is 5.02 Å². The van der Waals surface area contributed by atoms with E-state index in [0.29, 0.717) is 0 Å². The summed E-state index contributed by atoms with van der Waals surface area (Å²) in [5.41, 5.74) is 1.53. The number of ether oxygens (including phenoxy) is 1. The molecule has 1 saturated carbocycles. The number of aliphatic imine (C=N–C) groups is 1. The smallest absolute Gasteiger partial charge is 0.191 e. The van der Waals surface area contributed by atoms with Crippen molar-refractivity contribution in [2.75, 3.05) is 26.7 Å². The number of guanidine groups is 1. The minimum atomic E-state index is -0.0644. The Morgan fingerprint density at radius 2 is 1.83 bits per heavy atom. The summed E-state index contributed by atoms with van der Waals surface area (Å²) < 4.78 is 5.82. The molecule has 4 nitrogen and oxygen atoms in total. The van der Waals surface area contributed by atoms with Crippen molar-refractivity contribution in [2.45, 2.75) is 43.6 Å². The molecule has 1 aliphatic heterocycles. The maximum absolute atomic E-state index is 5.99. The van der Waals surface area contributed by atoms with Crippen LogP contribution in [0, 0.1) is 0 Å². The van der Waals surface area contributed by atoms with Gasteiger partial charge in [0.15, 0.2) is 5.96 Å². The Kier molecular flexibility index (Phi) is 6.79. The number of benzene rings is 1. The van der Waals surface area contributed by atoms with E-state index in [9.17, 15) is 0 Å². The number of hydrogen-bond acceptors (Lipinski definition) is 2. The van der Waals surface area contributed by atoms with Crippen molar-refractivity contribution in [3.05, 3.63) is 34.9 Å². The summed E-state index contributed by atoms with van der Waals surface area (Å²) in [5.74, 6) is 0.849. The second-order valence-electron chi connectivity index (χ2n) is 6.97. The van der Waals surface area contributed by atoms with E-state index in [4.69, 9.17) is 16.3 Å². The van der Waals surface area contributed by atoms with Crippen LogP contribution in [0.15, 0.2) is 29.3 Å². The summed E-state index contributed by atoms with van der Waals surface area (Å²) in [7, 11) is 1.81. The minimum Gasteiger partial charge on any atom is -0.373 e. The van der Waals surface area contributed by atoms with Crippen LogP contribution in [0.3, 0.4) is 0 Å². The highest BCUT2D eigenvalue weighted by Gasteiger charge is 2.44. The van der Waals surface area contributed by atoms with Crippen molar-refractivity contribution >= 4 is 41.5 Å². The molecule has 134 valence electrons. The molecule has 6 heteroatoms. The van der Waals surface area contributed by atoms with Crippen molar-refractivity contribution in [1.29, 1.82) is 0 Å². The van der Waals surface area contributed by atoms with E-state index >= 15 is 0 Å². The number of hydrogen-bond donors (Lipinski definition) is 2. The van der Waals surface area contributed by atoms with Gasteiger partial charge in [0.25, 0.3) is 0 Å². The van der Waals surface area contributed by atoms with Gasteiger partial charge in [-0.15, -0.1) is 24.0 Å². The zero-order valence-electron chi connectivity index (χ0n) is 14.4. The lowest BCUT2D eigenvalue weighted by Crippen LogP contribution is -2.47. The molecule has 1 atom stereocenters. The highest BCUT2D eigenvalue weighted by Crippen LogP contribution is 2.47. The molecule has 0 amide bonds. The largest absolute Gasteiger partial charge is 0.373 e. The van der Waals surface area contributed by atoms with Crippen molar-refractivity contribution in [3.8, 4) is 0 Å². The zero-order chi connectivity index (χ0) is 16.3. The highest BCUT2D eigenvalue weighted by molar-refractivity contribution is 14.0. The van der Waals surface area contributed by atoms with E-state index in [2.05, 4.69) is 34.7 Å². The monoisotopic (exact) mass is 463 g/mol. The third-order valence-corrected chi connectivity index (χ3v) is 5.31. The molecule has 2 N–H and O–H groups in total. The van der Waals surface area contributed by atoms with E-state index in [-0.39, 0.29) is 35.0 Å². The van der Waals surface area contributed by atoms with Gasteiger partial charge in [0, 0.05) is 37.2 Å². The van der Waals surface area contributed by atoms with E-state index in [1.54, 1.807) is 0 Å². The van der Waals surface area contributed by atoms with Crippen LogP contribution in [-0.2, 0) is 10.2 Å². The third kappa shape index (κ3) is 4.76. The number of nitrogens with zero attached hydrogens (tertiary/aromatic N) is 1. The summed E-state index contributed by atoms with van der Waals surface area (Å²) >= 11 is 5.99. The molecule has 0 radical (unpaired) electrons. The van der Waals surface area contributed by atoms with Crippen LogP contribution in [0.1, 0.15) is 38.2 Å². The number of halogens is 2. The predicted octanol–water partition coefficient (Wildman–Crippen LogP) is 3.72. The fourth-order valence-corrected chi connectivity index (χ4v) is 3.37. The van der Waals surface area contributed by atoms with Crippen LogP contribution in [-0.4, -0.2) is 38.3 Å². The van der Waals surface area contributed by atoms with Crippen LogP contribution >= 0.6 is 35.6 Å². The van der Waals surface area contributed by atoms with Crippen molar-refractivity contribution < 1.29 is 4.74 Å². The van der Waals surface area contributed by atoms with Crippen molar-refractivity contribution in [1.82, 2.24) is 10.6 Å². The first kappa shape index (κ1) is 19.8. The van der Waals surface area contributed by atoms with Gasteiger partial charge < -0.3 is 15.4 Å². The van der Waals surface area contributed by atoms with Crippen molar-refractivity contribution in [2.24, 2.45) is 4.99 Å². The molecule has 24 heavy (non-hydrogen) atoms. The second-order valence-corrected chi connectivity index (χ2v) is 7.40. The first-order valence-corrected chi connectivity index (χ1v) is 8.78. The molecular formula is C18H27ClIN3O. The molecule has 0 spiro atoms. The van der Waals surface area contributed by atoms with E-state index < -0.39 is 0 Å². The van der Waals surface area contributed by atoms with E-state index in [1.165, 1.54) is 18.4 Å². The van der Waals surface area contributed by atoms with Gasteiger partial charge in [-0.1, -0.05) is 23.7 Å². The molecule has 1 aromatic rings. The van der Waals surface area contributed by atoms with Gasteiger partial charge in [-0.05, 0) is 50.3 Å². The lowest BCUT2D eigenvalue weighted by Gasteiger charge is -2.25. The molecule has 3 rings (SSSR count). The lowest BCUT2D eigenvalue weighted by atomic mass is 9.96. The van der Waals surface area contributed by atoms with Gasteiger partial charge in [0.2, 0.25) is 0 Å². The molecule has 0 aromatic heterocycles. The Hall–Kier alpha value is -0.530. The maximum atomic E-state index is 5.99. The van der Waals surface area contributed by atoms with Crippen LogP contribution in [0.5, 0.6) is 0 Å². The molecule has 1 aromatic carbocycles. The first-order chi connectivity index (χ1) is 11.1. The standard InChI is InChI=1S/C18H26ClN3O.HI/c1-17(8-3-11-23-17)12-21-16(20-2)22-13-18(9-10-18)14-4-6-15(19)7-5-14;/h4-7H,3,8-13H2,1-2H3,(H2,20,21,22);1H. The normalized spacial score (nSPS) is 25.0. The highest BCUT2D eigenvalue weighted by atomic mass is 127. The first-order valence-electron chi connectivity index (χ1n) is 8.40. The van der Waals surface area contributed by atoms with Gasteiger partial charge in [0.1, 0.15) is 0 Å². The van der Waals surface area contributed by atoms with Gasteiger partial charge >= 0.3 is 0 Å². The van der Waals surface area contributed by atoms with Gasteiger partial charge in [-0.25, -0.2) is 0 Å². The molecule has 1 saturated heterocycles. The molecule has 1 aliphatic carbocycles. The topological polar surface area (TPSA) is 45.7 Å². The average molecular weight is 464 g/mol. The second kappa shape index (κ2) is 8.23. The molecule has 0 bridgehead atoms. The summed E-state index contributed by atoms with van der Waals surface area (Å²) in [6.07, 6.45) is 4.66. The molecule has 1 unspecified atom stereocenters. The fraction of sp³-hybridized carbons (Fsp3) is 0.611. The Bertz CT molecular complexity index is 566. The fourth-order valence-electron chi connectivity index (χ4n) is 3.24. The Morgan fingerprint density at radius 3 is 2.38 bits per heavy atom. The van der Waals surface area contributed by atoms with Crippen LogP contribution in [0.4, 0.5) is 0 Å². The maximum Gasteiger partial charge on any atom is 0.191 e. The van der Waals surface area contributed by atoms with E-state index in [1.807, 2.05) is 19.2 Å². The predicted molar refractivity (Wildman–Crippen MR) is 111 cm³/mol. The quantitative estimate of drug-likeness (QED) is 0.397. The van der Waals surface area contributed by atoms with Crippen molar-refractivity contribution in [3.63, 3.8) is 0 Å². The van der Waals surface area contributed by atoms with Gasteiger partial charge in [-0.3, -0.25) is 4.99 Å².